The van der Waals surface area contributed by atoms with Gasteiger partial charge in [-0.3, -0.25) is 4.79 Å². The molecule has 0 saturated carbocycles. The average molecular weight is 368 g/mol. The van der Waals surface area contributed by atoms with Crippen LogP contribution in [0.3, 0.4) is 0 Å². The van der Waals surface area contributed by atoms with Gasteiger partial charge in [0.15, 0.2) is 11.5 Å². The van der Waals surface area contributed by atoms with Crippen LogP contribution in [0.2, 0.25) is 0 Å². The third kappa shape index (κ3) is 3.78. The maximum absolute atomic E-state index is 12.4. The van der Waals surface area contributed by atoms with Crippen LogP contribution in [0, 0.1) is 0 Å². The number of fused-ring (bicyclic) bond motifs is 1. The van der Waals surface area contributed by atoms with Gasteiger partial charge in [-0.1, -0.05) is 0 Å². The number of rotatable bonds is 5. The summed E-state index contributed by atoms with van der Waals surface area (Å²) in [7, 11) is 0. The number of amides is 1. The molecule has 0 saturated heterocycles. The van der Waals surface area contributed by atoms with Crippen molar-refractivity contribution in [3.63, 3.8) is 0 Å². The lowest BCUT2D eigenvalue weighted by molar-refractivity contribution is 0.102. The maximum Gasteiger partial charge on any atom is 0.255 e. The van der Waals surface area contributed by atoms with Crippen LogP contribution in [-0.2, 0) is 6.61 Å². The van der Waals surface area contributed by atoms with E-state index in [0.717, 1.165) is 5.69 Å². The number of benzene rings is 2. The van der Waals surface area contributed by atoms with Gasteiger partial charge in [0, 0.05) is 22.7 Å². The second-order valence-electron chi connectivity index (χ2n) is 5.61. The number of ether oxygens (including phenoxy) is 3. The summed E-state index contributed by atoms with van der Waals surface area (Å²) in [5.41, 5.74) is 3.85. The van der Waals surface area contributed by atoms with Gasteiger partial charge < -0.3 is 19.5 Å². The number of carbonyl (C=O) groups excluding carboxylic acids is 1. The van der Waals surface area contributed by atoms with Gasteiger partial charge in [-0.15, -0.1) is 11.3 Å². The predicted molar refractivity (Wildman–Crippen MR) is 98.3 cm³/mol. The van der Waals surface area contributed by atoms with Crippen molar-refractivity contribution in [1.82, 2.24) is 4.98 Å². The van der Waals surface area contributed by atoms with Crippen molar-refractivity contribution in [3.05, 3.63) is 64.6 Å². The Labute approximate surface area is 154 Å². The zero-order valence-electron chi connectivity index (χ0n) is 13.8. The minimum absolute atomic E-state index is 0.201. The van der Waals surface area contributed by atoms with Gasteiger partial charge in [-0.25, -0.2) is 4.98 Å². The summed E-state index contributed by atoms with van der Waals surface area (Å²) in [6.45, 7) is 1.45. The van der Waals surface area contributed by atoms with Crippen molar-refractivity contribution in [1.29, 1.82) is 0 Å². The fraction of sp³-hybridized carbons (Fsp3) is 0.158. The molecule has 0 unspecified atom stereocenters. The normalized spacial score (nSPS) is 12.5. The first-order valence-electron chi connectivity index (χ1n) is 8.09. The molecule has 6 nitrogen and oxygen atoms in total. The van der Waals surface area contributed by atoms with Crippen molar-refractivity contribution in [3.8, 4) is 17.2 Å². The van der Waals surface area contributed by atoms with Gasteiger partial charge in [0.05, 0.1) is 11.2 Å². The molecule has 2 heterocycles. The molecule has 1 aliphatic heterocycles. The second-order valence-corrected chi connectivity index (χ2v) is 6.32. The Bertz CT molecular complexity index is 894. The first-order valence-corrected chi connectivity index (χ1v) is 9.03. The Hall–Kier alpha value is -3.06. The highest BCUT2D eigenvalue weighted by Crippen LogP contribution is 2.32. The number of hydrogen-bond donors (Lipinski definition) is 1. The second kappa shape index (κ2) is 7.45. The summed E-state index contributed by atoms with van der Waals surface area (Å²) >= 11 is 1.53. The summed E-state index contributed by atoms with van der Waals surface area (Å²) in [6.07, 6.45) is 0. The Morgan fingerprint density at radius 1 is 1.12 bits per heavy atom. The van der Waals surface area contributed by atoms with E-state index in [1.807, 2.05) is 5.38 Å². The molecule has 2 aromatic carbocycles. The molecule has 0 radical (unpaired) electrons. The van der Waals surface area contributed by atoms with Crippen LogP contribution in [0.15, 0.2) is 53.4 Å². The Morgan fingerprint density at radius 2 is 1.92 bits per heavy atom. The van der Waals surface area contributed by atoms with E-state index in [4.69, 9.17) is 14.2 Å². The smallest absolute Gasteiger partial charge is 0.255 e. The largest absolute Gasteiger partial charge is 0.487 e. The monoisotopic (exact) mass is 368 g/mol. The number of nitrogens with zero attached hydrogens (tertiary/aromatic N) is 1. The van der Waals surface area contributed by atoms with Crippen LogP contribution in [-0.4, -0.2) is 24.1 Å². The lowest BCUT2D eigenvalue weighted by Gasteiger charge is -2.19. The van der Waals surface area contributed by atoms with Gasteiger partial charge in [-0.05, 0) is 36.4 Å². The summed E-state index contributed by atoms with van der Waals surface area (Å²) in [5, 5.41) is 4.80. The van der Waals surface area contributed by atoms with Crippen LogP contribution in [0.4, 0.5) is 5.69 Å². The van der Waals surface area contributed by atoms with E-state index in [2.05, 4.69) is 10.3 Å². The molecule has 4 rings (SSSR count). The number of thiazole rings is 1. The molecular formula is C19H16N2O4S. The standard InChI is InChI=1S/C19H16N2O4S/c22-19(21-14-3-6-17-18(9-14)24-8-7-23-17)13-1-4-16(5-2-13)25-10-15-11-26-12-20-15/h1-6,9,11-12H,7-8,10H2,(H,21,22). The summed E-state index contributed by atoms with van der Waals surface area (Å²) in [5.74, 6) is 1.82. The molecule has 1 amide bonds. The van der Waals surface area contributed by atoms with Crippen molar-refractivity contribution in [2.75, 3.05) is 18.5 Å². The minimum Gasteiger partial charge on any atom is -0.487 e. The van der Waals surface area contributed by atoms with E-state index in [1.165, 1.54) is 11.3 Å². The van der Waals surface area contributed by atoms with Gasteiger partial charge in [-0.2, -0.15) is 0 Å². The molecule has 0 aliphatic carbocycles. The van der Waals surface area contributed by atoms with E-state index in [1.54, 1.807) is 48.0 Å². The number of nitrogens with one attached hydrogen (secondary N) is 1. The van der Waals surface area contributed by atoms with Crippen molar-refractivity contribution in [2.24, 2.45) is 0 Å². The fourth-order valence-corrected chi connectivity index (χ4v) is 3.04. The zero-order chi connectivity index (χ0) is 17.8. The molecule has 1 aromatic heterocycles. The van der Waals surface area contributed by atoms with Crippen molar-refractivity contribution >= 4 is 22.9 Å². The topological polar surface area (TPSA) is 69.7 Å². The van der Waals surface area contributed by atoms with Crippen LogP contribution in [0.25, 0.3) is 0 Å². The molecule has 3 aromatic rings. The molecular weight excluding hydrogens is 352 g/mol. The average Bonchev–Trinajstić information content (AvgIpc) is 3.20. The number of aromatic nitrogens is 1. The van der Waals surface area contributed by atoms with E-state index in [9.17, 15) is 4.79 Å². The molecule has 7 heteroatoms. The van der Waals surface area contributed by atoms with E-state index < -0.39 is 0 Å². The Balaban J connectivity index is 1.38. The Kier molecular flexibility index (Phi) is 4.70. The van der Waals surface area contributed by atoms with Crippen LogP contribution in [0.1, 0.15) is 16.1 Å². The van der Waals surface area contributed by atoms with Crippen LogP contribution in [0.5, 0.6) is 17.2 Å². The number of hydrogen-bond acceptors (Lipinski definition) is 6. The molecule has 26 heavy (non-hydrogen) atoms. The zero-order valence-corrected chi connectivity index (χ0v) is 14.6. The molecule has 0 atom stereocenters. The van der Waals surface area contributed by atoms with Crippen LogP contribution < -0.4 is 19.5 Å². The lowest BCUT2D eigenvalue weighted by atomic mass is 10.2. The summed E-state index contributed by atoms with van der Waals surface area (Å²) in [4.78, 5) is 16.6. The minimum atomic E-state index is -0.201. The van der Waals surface area contributed by atoms with Gasteiger partial charge in [0.2, 0.25) is 0 Å². The highest BCUT2D eigenvalue weighted by Gasteiger charge is 2.13. The highest BCUT2D eigenvalue weighted by molar-refractivity contribution is 7.07. The van der Waals surface area contributed by atoms with E-state index in [-0.39, 0.29) is 5.91 Å². The molecule has 1 aliphatic rings. The van der Waals surface area contributed by atoms with Crippen molar-refractivity contribution in [2.45, 2.75) is 6.61 Å². The molecule has 0 spiro atoms. The quantitative estimate of drug-likeness (QED) is 0.743. The van der Waals surface area contributed by atoms with Gasteiger partial charge in [0.1, 0.15) is 25.6 Å². The summed E-state index contributed by atoms with van der Waals surface area (Å²) < 4.78 is 16.7. The van der Waals surface area contributed by atoms with Crippen LogP contribution >= 0.6 is 11.3 Å². The highest BCUT2D eigenvalue weighted by atomic mass is 32.1. The first-order chi connectivity index (χ1) is 12.8. The summed E-state index contributed by atoms with van der Waals surface area (Å²) in [6, 6.07) is 12.3. The maximum atomic E-state index is 12.4. The SMILES string of the molecule is O=C(Nc1ccc2c(c1)OCCO2)c1ccc(OCc2cscn2)cc1. The Morgan fingerprint density at radius 3 is 2.69 bits per heavy atom. The third-order valence-corrected chi connectivity index (χ3v) is 4.42. The van der Waals surface area contributed by atoms with Crippen molar-refractivity contribution < 1.29 is 19.0 Å². The van der Waals surface area contributed by atoms with Gasteiger partial charge in [0.25, 0.3) is 5.91 Å². The fourth-order valence-electron chi connectivity index (χ4n) is 2.49. The predicted octanol–water partition coefficient (Wildman–Crippen LogP) is 3.75. The lowest BCUT2D eigenvalue weighted by Crippen LogP contribution is -2.16. The molecule has 0 fully saturated rings. The van der Waals surface area contributed by atoms with Gasteiger partial charge >= 0.3 is 0 Å². The van der Waals surface area contributed by atoms with E-state index in [0.29, 0.717) is 48.3 Å². The first kappa shape index (κ1) is 16.4. The number of carbonyl (C=O) groups is 1. The molecule has 0 bridgehead atoms. The molecule has 1 N–H and O–H groups in total. The molecule has 132 valence electrons. The number of anilines is 1. The third-order valence-electron chi connectivity index (χ3n) is 3.79. The van der Waals surface area contributed by atoms with E-state index >= 15 is 0 Å².